The van der Waals surface area contributed by atoms with Crippen LogP contribution in [0.5, 0.6) is 0 Å². The van der Waals surface area contributed by atoms with E-state index < -0.39 is 16.1 Å². The minimum absolute atomic E-state index is 0.232. The van der Waals surface area contributed by atoms with Gasteiger partial charge in [0.2, 0.25) is 15.9 Å². The fourth-order valence-corrected chi connectivity index (χ4v) is 4.11. The molecule has 0 aromatic heterocycles. The molecule has 0 aliphatic rings. The molecule has 2 rings (SSSR count). The van der Waals surface area contributed by atoms with Gasteiger partial charge in [0.15, 0.2) is 0 Å². The molecule has 2 aromatic rings. The Bertz CT molecular complexity index is 903. The largest absolute Gasteiger partial charge is 0.351 e. The highest BCUT2D eigenvalue weighted by molar-refractivity contribution is 7.98. The van der Waals surface area contributed by atoms with Gasteiger partial charge in [0.25, 0.3) is 0 Å². The Hall–Kier alpha value is -1.80. The lowest BCUT2D eigenvalue weighted by molar-refractivity contribution is -0.122. The van der Waals surface area contributed by atoms with Gasteiger partial charge >= 0.3 is 0 Å². The van der Waals surface area contributed by atoms with Gasteiger partial charge in [-0.05, 0) is 41.7 Å². The molecule has 1 unspecified atom stereocenters. The van der Waals surface area contributed by atoms with Crippen LogP contribution in [-0.2, 0) is 21.4 Å². The molecule has 28 heavy (non-hydrogen) atoms. The fraction of sp³-hybridized carbons (Fsp3) is 0.250. The summed E-state index contributed by atoms with van der Waals surface area (Å²) < 4.78 is 27.3. The number of carbonyl (C=O) groups is 1. The number of thioether (sulfide) groups is 1. The van der Waals surface area contributed by atoms with Crippen LogP contribution in [0.15, 0.2) is 60.0 Å². The molecule has 2 N–H and O–H groups in total. The number of halogens is 1. The van der Waals surface area contributed by atoms with E-state index in [2.05, 4.69) is 10.0 Å². The summed E-state index contributed by atoms with van der Waals surface area (Å²) in [6.07, 6.45) is 3.78. The first kappa shape index (κ1) is 22.5. The fourth-order valence-electron chi connectivity index (χ4n) is 2.40. The molecule has 1 amide bonds. The van der Waals surface area contributed by atoms with Crippen LogP contribution in [0.1, 0.15) is 17.5 Å². The second kappa shape index (κ2) is 11.3. The number of sulfonamides is 1. The van der Waals surface area contributed by atoms with Gasteiger partial charge in [0.05, 0.1) is 0 Å². The SMILES string of the molecule is CSCCC(NS(=O)(=O)/C=C/c1ccccc1)C(=O)NCc1ccccc1Cl. The van der Waals surface area contributed by atoms with Crippen molar-refractivity contribution in [3.05, 3.63) is 76.2 Å². The molecule has 1 atom stereocenters. The highest BCUT2D eigenvalue weighted by Crippen LogP contribution is 2.14. The van der Waals surface area contributed by atoms with E-state index in [0.29, 0.717) is 17.2 Å². The van der Waals surface area contributed by atoms with Crippen molar-refractivity contribution in [1.82, 2.24) is 10.0 Å². The second-order valence-electron chi connectivity index (χ2n) is 6.02. The van der Waals surface area contributed by atoms with Gasteiger partial charge < -0.3 is 5.32 Å². The van der Waals surface area contributed by atoms with Crippen LogP contribution in [0.4, 0.5) is 0 Å². The van der Waals surface area contributed by atoms with Crippen molar-refractivity contribution in [2.45, 2.75) is 19.0 Å². The van der Waals surface area contributed by atoms with Crippen molar-refractivity contribution < 1.29 is 13.2 Å². The zero-order chi connectivity index (χ0) is 20.4. The van der Waals surface area contributed by atoms with Gasteiger partial charge in [0.1, 0.15) is 6.04 Å². The van der Waals surface area contributed by atoms with Crippen molar-refractivity contribution >= 4 is 45.4 Å². The average Bonchev–Trinajstić information content (AvgIpc) is 2.69. The Morgan fingerprint density at radius 3 is 2.50 bits per heavy atom. The van der Waals surface area contributed by atoms with Crippen molar-refractivity contribution in [1.29, 1.82) is 0 Å². The Balaban J connectivity index is 2.03. The molecule has 0 saturated heterocycles. The molecule has 0 saturated carbocycles. The van der Waals surface area contributed by atoms with Crippen LogP contribution in [0, 0.1) is 0 Å². The molecule has 2 aromatic carbocycles. The van der Waals surface area contributed by atoms with Crippen LogP contribution in [0.25, 0.3) is 6.08 Å². The van der Waals surface area contributed by atoms with Crippen molar-refractivity contribution in [2.75, 3.05) is 12.0 Å². The smallest absolute Gasteiger partial charge is 0.238 e. The maximum absolute atomic E-state index is 12.6. The molecular formula is C20H23ClN2O3S2. The van der Waals surface area contributed by atoms with E-state index in [1.54, 1.807) is 30.0 Å². The molecule has 8 heteroatoms. The maximum Gasteiger partial charge on any atom is 0.238 e. The van der Waals surface area contributed by atoms with Crippen molar-refractivity contribution in [3.63, 3.8) is 0 Å². The standard InChI is InChI=1S/C20H23ClN2O3S2/c1-27-13-11-19(20(24)22-15-17-9-5-6-10-18(17)21)23-28(25,26)14-12-16-7-3-2-4-8-16/h2-10,12,14,19,23H,11,13,15H2,1H3,(H,22,24)/b14-12+. The van der Waals surface area contributed by atoms with Gasteiger partial charge in [0, 0.05) is 17.0 Å². The minimum Gasteiger partial charge on any atom is -0.351 e. The summed E-state index contributed by atoms with van der Waals surface area (Å²) in [5.41, 5.74) is 1.53. The first-order chi connectivity index (χ1) is 13.4. The van der Waals surface area contributed by atoms with Crippen LogP contribution in [0.3, 0.4) is 0 Å². The molecular weight excluding hydrogens is 416 g/mol. The summed E-state index contributed by atoms with van der Waals surface area (Å²) in [5, 5.41) is 4.39. The lowest BCUT2D eigenvalue weighted by Gasteiger charge is -2.17. The molecule has 0 spiro atoms. The van der Waals surface area contributed by atoms with Crippen LogP contribution in [0.2, 0.25) is 5.02 Å². The Kier molecular flexibility index (Phi) is 9.05. The summed E-state index contributed by atoms with van der Waals surface area (Å²) in [5.74, 6) is 0.264. The molecule has 0 fully saturated rings. The normalized spacial score (nSPS) is 12.8. The Morgan fingerprint density at radius 1 is 1.14 bits per heavy atom. The molecule has 0 radical (unpaired) electrons. The summed E-state index contributed by atoms with van der Waals surface area (Å²) in [6.45, 7) is 0.232. The molecule has 150 valence electrons. The van der Waals surface area contributed by atoms with E-state index in [4.69, 9.17) is 11.6 Å². The first-order valence-electron chi connectivity index (χ1n) is 8.67. The van der Waals surface area contributed by atoms with E-state index >= 15 is 0 Å². The predicted octanol–water partition coefficient (Wildman–Crippen LogP) is 3.67. The zero-order valence-electron chi connectivity index (χ0n) is 15.5. The van der Waals surface area contributed by atoms with E-state index in [-0.39, 0.29) is 12.5 Å². The third kappa shape index (κ3) is 7.67. The monoisotopic (exact) mass is 438 g/mol. The molecule has 0 aliphatic heterocycles. The van der Waals surface area contributed by atoms with Gasteiger partial charge in [-0.15, -0.1) is 0 Å². The highest BCUT2D eigenvalue weighted by atomic mass is 35.5. The van der Waals surface area contributed by atoms with E-state index in [1.807, 2.05) is 42.7 Å². The van der Waals surface area contributed by atoms with Crippen molar-refractivity contribution in [3.8, 4) is 0 Å². The van der Waals surface area contributed by atoms with Crippen LogP contribution in [-0.4, -0.2) is 32.4 Å². The van der Waals surface area contributed by atoms with Crippen LogP contribution < -0.4 is 10.0 Å². The van der Waals surface area contributed by atoms with Crippen LogP contribution >= 0.6 is 23.4 Å². The highest BCUT2D eigenvalue weighted by Gasteiger charge is 2.22. The number of amides is 1. The quantitative estimate of drug-likeness (QED) is 0.593. The number of nitrogens with one attached hydrogen (secondary N) is 2. The van der Waals surface area contributed by atoms with Gasteiger partial charge in [-0.1, -0.05) is 60.1 Å². The Labute approximate surface area is 175 Å². The lowest BCUT2D eigenvalue weighted by Crippen LogP contribution is -2.46. The zero-order valence-corrected chi connectivity index (χ0v) is 17.9. The summed E-state index contributed by atoms with van der Waals surface area (Å²) in [6, 6.07) is 15.4. The Morgan fingerprint density at radius 2 is 1.82 bits per heavy atom. The summed E-state index contributed by atoms with van der Waals surface area (Å²) in [7, 11) is -3.77. The average molecular weight is 439 g/mol. The number of hydrogen-bond acceptors (Lipinski definition) is 4. The number of carbonyl (C=O) groups excluding carboxylic acids is 1. The van der Waals surface area contributed by atoms with E-state index in [0.717, 1.165) is 16.5 Å². The van der Waals surface area contributed by atoms with Gasteiger partial charge in [-0.25, -0.2) is 8.42 Å². The lowest BCUT2D eigenvalue weighted by atomic mass is 10.2. The first-order valence-corrected chi connectivity index (χ1v) is 12.0. The number of hydrogen-bond donors (Lipinski definition) is 2. The molecule has 0 bridgehead atoms. The predicted molar refractivity (Wildman–Crippen MR) is 118 cm³/mol. The third-order valence-corrected chi connectivity index (χ3v) is 6.00. The van der Waals surface area contributed by atoms with E-state index in [9.17, 15) is 13.2 Å². The number of rotatable bonds is 10. The van der Waals surface area contributed by atoms with E-state index in [1.165, 1.54) is 6.08 Å². The molecule has 5 nitrogen and oxygen atoms in total. The third-order valence-electron chi connectivity index (χ3n) is 3.88. The second-order valence-corrected chi connectivity index (χ2v) is 9.01. The molecule has 0 aliphatic carbocycles. The van der Waals surface area contributed by atoms with Gasteiger partial charge in [-0.2, -0.15) is 16.5 Å². The topological polar surface area (TPSA) is 75.3 Å². The van der Waals surface area contributed by atoms with Gasteiger partial charge in [-0.3, -0.25) is 4.79 Å². The minimum atomic E-state index is -3.77. The summed E-state index contributed by atoms with van der Waals surface area (Å²) in [4.78, 5) is 12.6. The maximum atomic E-state index is 12.6. The van der Waals surface area contributed by atoms with Crippen molar-refractivity contribution in [2.24, 2.45) is 0 Å². The summed E-state index contributed by atoms with van der Waals surface area (Å²) >= 11 is 7.65. The number of benzene rings is 2. The molecule has 0 heterocycles.